The highest BCUT2D eigenvalue weighted by Gasteiger charge is 2.32. The molecule has 144 valence electrons. The van der Waals surface area contributed by atoms with Crippen molar-refractivity contribution >= 4 is 5.91 Å². The van der Waals surface area contributed by atoms with E-state index >= 15 is 0 Å². The molecule has 27 heavy (non-hydrogen) atoms. The number of aryl methyl sites for hydroxylation is 1. The van der Waals surface area contributed by atoms with E-state index in [1.807, 2.05) is 42.3 Å². The van der Waals surface area contributed by atoms with Gasteiger partial charge in [0.1, 0.15) is 0 Å². The number of nitrogens with zero attached hydrogens (tertiary/aromatic N) is 3. The molecule has 0 aliphatic carbocycles. The van der Waals surface area contributed by atoms with Gasteiger partial charge in [-0.3, -0.25) is 4.79 Å². The maximum atomic E-state index is 12.9. The summed E-state index contributed by atoms with van der Waals surface area (Å²) in [7, 11) is 0. The highest BCUT2D eigenvalue weighted by Crippen LogP contribution is 2.28. The molecule has 6 heteroatoms. The Morgan fingerprint density at radius 3 is 2.74 bits per heavy atom. The molecule has 3 heterocycles. The fourth-order valence-corrected chi connectivity index (χ4v) is 4.23. The van der Waals surface area contributed by atoms with Crippen LogP contribution in [-0.4, -0.2) is 52.4 Å². The van der Waals surface area contributed by atoms with Crippen molar-refractivity contribution in [3.63, 3.8) is 0 Å². The van der Waals surface area contributed by atoms with E-state index in [1.54, 1.807) is 10.9 Å². The van der Waals surface area contributed by atoms with Gasteiger partial charge in [0.15, 0.2) is 0 Å². The Hall–Kier alpha value is -2.18. The number of likely N-dealkylation sites (tertiary alicyclic amines) is 1. The van der Waals surface area contributed by atoms with Crippen LogP contribution in [0.25, 0.3) is 5.69 Å². The smallest absolute Gasteiger partial charge is 0.257 e. The van der Waals surface area contributed by atoms with E-state index in [2.05, 4.69) is 5.10 Å². The highest BCUT2D eigenvalue weighted by atomic mass is 16.5. The van der Waals surface area contributed by atoms with Crippen LogP contribution in [0.15, 0.2) is 36.7 Å². The number of nitrogens with two attached hydrogens (primary N) is 1. The molecule has 2 aliphatic rings. The minimum Gasteiger partial charge on any atom is -0.378 e. The normalized spacial score (nSPS) is 24.1. The lowest BCUT2D eigenvalue weighted by molar-refractivity contribution is -0.0419. The van der Waals surface area contributed by atoms with Crippen LogP contribution in [0.4, 0.5) is 0 Å². The molecule has 0 spiro atoms. The van der Waals surface area contributed by atoms with E-state index in [1.165, 1.54) is 0 Å². The lowest BCUT2D eigenvalue weighted by Crippen LogP contribution is -2.45. The van der Waals surface area contributed by atoms with Crippen molar-refractivity contribution in [1.82, 2.24) is 14.7 Å². The largest absolute Gasteiger partial charge is 0.378 e. The van der Waals surface area contributed by atoms with Crippen LogP contribution in [0.1, 0.15) is 41.6 Å². The van der Waals surface area contributed by atoms with Crippen molar-refractivity contribution in [2.24, 2.45) is 11.7 Å². The van der Waals surface area contributed by atoms with Gasteiger partial charge in [-0.25, -0.2) is 4.68 Å². The zero-order valence-electron chi connectivity index (χ0n) is 15.9. The van der Waals surface area contributed by atoms with Crippen LogP contribution in [-0.2, 0) is 4.74 Å². The molecule has 2 unspecified atom stereocenters. The van der Waals surface area contributed by atoms with Gasteiger partial charge < -0.3 is 15.4 Å². The number of carbonyl (C=O) groups is 1. The minimum absolute atomic E-state index is 0.0644. The summed E-state index contributed by atoms with van der Waals surface area (Å²) in [5.41, 5.74) is 8.87. The van der Waals surface area contributed by atoms with Crippen LogP contribution in [0.2, 0.25) is 0 Å². The predicted octanol–water partition coefficient (Wildman–Crippen LogP) is 2.54. The first-order valence-corrected chi connectivity index (χ1v) is 9.89. The standard InChI is InChI=1S/C21H28N4O2/c1-15-4-2-3-5-19(15)25-14-17(13-23-25)21(26)24-9-6-16(7-10-24)20-12-18(22)8-11-27-20/h2-5,13-14,16,18,20H,6-12,22H2,1H3. The minimum atomic E-state index is 0.0644. The zero-order chi connectivity index (χ0) is 18.8. The molecular formula is C21H28N4O2. The maximum absolute atomic E-state index is 12.9. The number of hydrogen-bond acceptors (Lipinski definition) is 4. The van der Waals surface area contributed by atoms with Crippen molar-refractivity contribution in [3.8, 4) is 5.69 Å². The van der Waals surface area contributed by atoms with Gasteiger partial charge in [0.2, 0.25) is 0 Å². The third kappa shape index (κ3) is 3.92. The molecule has 0 saturated carbocycles. The van der Waals surface area contributed by atoms with Crippen molar-refractivity contribution in [1.29, 1.82) is 0 Å². The third-order valence-electron chi connectivity index (χ3n) is 5.90. The second-order valence-electron chi connectivity index (χ2n) is 7.78. The number of aromatic nitrogens is 2. The summed E-state index contributed by atoms with van der Waals surface area (Å²) >= 11 is 0. The number of piperidine rings is 1. The fraction of sp³-hybridized carbons (Fsp3) is 0.524. The Balaban J connectivity index is 1.38. The lowest BCUT2D eigenvalue weighted by Gasteiger charge is -2.38. The predicted molar refractivity (Wildman–Crippen MR) is 104 cm³/mol. The van der Waals surface area contributed by atoms with Gasteiger partial charge in [0, 0.05) is 31.9 Å². The van der Waals surface area contributed by atoms with Crippen LogP contribution in [0.3, 0.4) is 0 Å². The molecule has 2 atom stereocenters. The maximum Gasteiger partial charge on any atom is 0.257 e. The van der Waals surface area contributed by atoms with E-state index < -0.39 is 0 Å². The van der Waals surface area contributed by atoms with Crippen molar-refractivity contribution < 1.29 is 9.53 Å². The van der Waals surface area contributed by atoms with Gasteiger partial charge in [0.05, 0.1) is 23.6 Å². The first-order chi connectivity index (χ1) is 13.1. The first-order valence-electron chi connectivity index (χ1n) is 9.89. The Morgan fingerprint density at radius 2 is 2.00 bits per heavy atom. The van der Waals surface area contributed by atoms with E-state index in [0.717, 1.165) is 56.6 Å². The van der Waals surface area contributed by atoms with Crippen LogP contribution in [0.5, 0.6) is 0 Å². The van der Waals surface area contributed by atoms with E-state index in [9.17, 15) is 4.79 Å². The van der Waals surface area contributed by atoms with Gasteiger partial charge in [-0.2, -0.15) is 5.10 Å². The average molecular weight is 368 g/mol. The summed E-state index contributed by atoms with van der Waals surface area (Å²) in [6.45, 7) is 4.36. The first kappa shape index (κ1) is 18.2. The fourth-order valence-electron chi connectivity index (χ4n) is 4.23. The second kappa shape index (κ2) is 7.82. The van der Waals surface area contributed by atoms with E-state index in [0.29, 0.717) is 11.5 Å². The van der Waals surface area contributed by atoms with Gasteiger partial charge in [-0.1, -0.05) is 18.2 Å². The lowest BCUT2D eigenvalue weighted by atomic mass is 9.86. The summed E-state index contributed by atoms with van der Waals surface area (Å²) in [5, 5.41) is 4.40. The molecule has 2 aliphatic heterocycles. The average Bonchev–Trinajstić information content (AvgIpc) is 3.18. The number of rotatable bonds is 3. The Kier molecular flexibility index (Phi) is 5.27. The molecule has 1 amide bonds. The van der Waals surface area contributed by atoms with Crippen LogP contribution >= 0.6 is 0 Å². The topological polar surface area (TPSA) is 73.4 Å². The molecule has 1 aromatic heterocycles. The highest BCUT2D eigenvalue weighted by molar-refractivity contribution is 5.93. The summed E-state index contributed by atoms with van der Waals surface area (Å²) in [6.07, 6.45) is 7.63. The summed E-state index contributed by atoms with van der Waals surface area (Å²) in [6, 6.07) is 8.30. The number of benzene rings is 1. The molecular weight excluding hydrogens is 340 g/mol. The zero-order valence-corrected chi connectivity index (χ0v) is 15.9. The van der Waals surface area contributed by atoms with E-state index in [-0.39, 0.29) is 18.1 Å². The molecule has 2 N–H and O–H groups in total. The molecule has 2 saturated heterocycles. The van der Waals surface area contributed by atoms with Crippen LogP contribution < -0.4 is 5.73 Å². The quantitative estimate of drug-likeness (QED) is 0.904. The molecule has 6 nitrogen and oxygen atoms in total. The number of hydrogen-bond donors (Lipinski definition) is 1. The number of para-hydroxylation sites is 1. The van der Waals surface area contributed by atoms with Crippen molar-refractivity contribution in [2.45, 2.75) is 44.8 Å². The molecule has 0 bridgehead atoms. The monoisotopic (exact) mass is 368 g/mol. The molecule has 1 aromatic carbocycles. The summed E-state index contributed by atoms with van der Waals surface area (Å²) in [5.74, 6) is 0.574. The summed E-state index contributed by atoms with van der Waals surface area (Å²) < 4.78 is 7.72. The van der Waals surface area contributed by atoms with E-state index in [4.69, 9.17) is 10.5 Å². The summed E-state index contributed by atoms with van der Waals surface area (Å²) in [4.78, 5) is 14.8. The SMILES string of the molecule is Cc1ccccc1-n1cc(C(=O)N2CCC(C3CC(N)CCO3)CC2)cn1. The Labute approximate surface area is 160 Å². The second-order valence-corrected chi connectivity index (χ2v) is 7.78. The van der Waals surface area contributed by atoms with Crippen LogP contribution in [0, 0.1) is 12.8 Å². The number of amides is 1. The molecule has 0 radical (unpaired) electrons. The Bertz CT molecular complexity index is 795. The van der Waals surface area contributed by atoms with Gasteiger partial charge in [0.25, 0.3) is 5.91 Å². The number of ether oxygens (including phenoxy) is 1. The third-order valence-corrected chi connectivity index (χ3v) is 5.90. The van der Waals surface area contributed by atoms with Gasteiger partial charge in [-0.15, -0.1) is 0 Å². The van der Waals surface area contributed by atoms with Crippen molar-refractivity contribution in [3.05, 3.63) is 47.8 Å². The number of carbonyl (C=O) groups excluding carboxylic acids is 1. The Morgan fingerprint density at radius 1 is 1.22 bits per heavy atom. The molecule has 4 rings (SSSR count). The van der Waals surface area contributed by atoms with Gasteiger partial charge in [-0.05, 0) is 50.2 Å². The van der Waals surface area contributed by atoms with Gasteiger partial charge >= 0.3 is 0 Å². The van der Waals surface area contributed by atoms with Crippen molar-refractivity contribution in [2.75, 3.05) is 19.7 Å². The molecule has 2 aromatic rings. The molecule has 2 fully saturated rings.